The van der Waals surface area contributed by atoms with Gasteiger partial charge in [0.2, 0.25) is 10.0 Å². The third-order valence-electron chi connectivity index (χ3n) is 6.61. The number of unbranched alkanes of at least 4 members (excludes halogenated alkanes) is 2. The molecule has 6 nitrogen and oxygen atoms in total. The maximum Gasteiger partial charge on any atom is 0.266 e. The Hall–Kier alpha value is -3.00. The molecule has 0 aliphatic carbocycles. The summed E-state index contributed by atoms with van der Waals surface area (Å²) in [5.74, 6) is 0.377. The zero-order valence-electron chi connectivity index (χ0n) is 21.4. The number of fused-ring (bicyclic) bond motifs is 1. The number of halogens is 1. The molecule has 4 aromatic rings. The number of aromatic nitrogens is 2. The largest absolute Gasteiger partial charge is 0.268 e. The van der Waals surface area contributed by atoms with E-state index in [0.29, 0.717) is 40.4 Å². The second kappa shape index (κ2) is 11.6. The Balaban J connectivity index is 1.92. The Morgan fingerprint density at radius 3 is 2.27 bits per heavy atom. The predicted molar refractivity (Wildman–Crippen MR) is 150 cm³/mol. The number of hydrogen-bond acceptors (Lipinski definition) is 4. The molecule has 0 fully saturated rings. The van der Waals surface area contributed by atoms with Crippen molar-refractivity contribution in [1.82, 2.24) is 13.9 Å². The number of sulfonamides is 1. The summed E-state index contributed by atoms with van der Waals surface area (Å²) in [6.07, 6.45) is 3.40. The van der Waals surface area contributed by atoms with Gasteiger partial charge in [-0.3, -0.25) is 9.36 Å². The summed E-state index contributed by atoms with van der Waals surface area (Å²) in [6, 6.07) is 20.4. The fraction of sp³-hybridized carbons (Fsp3) is 0.310. The summed E-state index contributed by atoms with van der Waals surface area (Å²) in [4.78, 5) is 18.8. The first-order valence-electron chi connectivity index (χ1n) is 12.7. The highest BCUT2D eigenvalue weighted by atomic mass is 35.5. The van der Waals surface area contributed by atoms with Gasteiger partial charge in [0.15, 0.2) is 0 Å². The van der Waals surface area contributed by atoms with Crippen LogP contribution < -0.4 is 5.56 Å². The van der Waals surface area contributed by atoms with Gasteiger partial charge in [-0.15, -0.1) is 0 Å². The van der Waals surface area contributed by atoms with Crippen molar-refractivity contribution in [3.05, 3.63) is 99.6 Å². The molecular weight excluding hydrogens is 506 g/mol. The summed E-state index contributed by atoms with van der Waals surface area (Å²) in [5, 5.41) is 0.946. The van der Waals surface area contributed by atoms with Crippen molar-refractivity contribution in [2.45, 2.75) is 57.4 Å². The van der Waals surface area contributed by atoms with Gasteiger partial charge in [0.1, 0.15) is 5.82 Å². The summed E-state index contributed by atoms with van der Waals surface area (Å²) < 4.78 is 30.8. The highest BCUT2D eigenvalue weighted by Gasteiger charge is 2.32. The molecule has 0 bridgehead atoms. The van der Waals surface area contributed by atoms with Gasteiger partial charge in [0, 0.05) is 11.6 Å². The van der Waals surface area contributed by atoms with Crippen molar-refractivity contribution < 1.29 is 8.42 Å². The Morgan fingerprint density at radius 2 is 1.62 bits per heavy atom. The summed E-state index contributed by atoms with van der Waals surface area (Å²) in [7, 11) is -3.90. The molecule has 1 heterocycles. The van der Waals surface area contributed by atoms with Crippen LogP contribution in [0.1, 0.15) is 57.5 Å². The first-order chi connectivity index (χ1) is 17.8. The van der Waals surface area contributed by atoms with Crippen molar-refractivity contribution in [2.75, 3.05) is 6.54 Å². The highest BCUT2D eigenvalue weighted by Crippen LogP contribution is 2.29. The van der Waals surface area contributed by atoms with Crippen LogP contribution in [0.25, 0.3) is 16.6 Å². The molecule has 0 saturated carbocycles. The molecule has 8 heteroatoms. The predicted octanol–water partition coefficient (Wildman–Crippen LogP) is 6.54. The second-order valence-corrected chi connectivity index (χ2v) is 11.4. The van der Waals surface area contributed by atoms with E-state index >= 15 is 0 Å². The average molecular weight is 538 g/mol. The van der Waals surface area contributed by atoms with Gasteiger partial charge in [-0.1, -0.05) is 62.6 Å². The van der Waals surface area contributed by atoms with E-state index < -0.39 is 16.1 Å². The van der Waals surface area contributed by atoms with Crippen LogP contribution in [0.2, 0.25) is 5.02 Å². The minimum atomic E-state index is -3.90. The molecule has 0 amide bonds. The number of aryl methyl sites for hydroxylation is 1. The smallest absolute Gasteiger partial charge is 0.266 e. The van der Waals surface area contributed by atoms with Gasteiger partial charge in [0.05, 0.1) is 27.5 Å². The maximum absolute atomic E-state index is 13.9. The summed E-state index contributed by atoms with van der Waals surface area (Å²) in [6.45, 7) is 6.25. The Morgan fingerprint density at radius 1 is 0.946 bits per heavy atom. The summed E-state index contributed by atoms with van der Waals surface area (Å²) in [5.41, 5.74) is 2.11. The Labute approximate surface area is 223 Å². The van der Waals surface area contributed by atoms with Crippen LogP contribution >= 0.6 is 11.6 Å². The third kappa shape index (κ3) is 5.64. The number of benzene rings is 3. The topological polar surface area (TPSA) is 72.3 Å². The molecule has 0 aliphatic heterocycles. The van der Waals surface area contributed by atoms with Crippen LogP contribution in [0.4, 0.5) is 0 Å². The fourth-order valence-electron chi connectivity index (χ4n) is 4.47. The second-order valence-electron chi connectivity index (χ2n) is 9.10. The monoisotopic (exact) mass is 537 g/mol. The van der Waals surface area contributed by atoms with Crippen LogP contribution in [0.3, 0.4) is 0 Å². The third-order valence-corrected chi connectivity index (χ3v) is 8.85. The van der Waals surface area contributed by atoms with E-state index in [1.807, 2.05) is 30.3 Å². The minimum Gasteiger partial charge on any atom is -0.268 e. The Kier molecular flexibility index (Phi) is 8.47. The lowest BCUT2D eigenvalue weighted by Crippen LogP contribution is -2.38. The number of hydrogen-bond donors (Lipinski definition) is 0. The van der Waals surface area contributed by atoms with Crippen molar-refractivity contribution in [1.29, 1.82) is 0 Å². The van der Waals surface area contributed by atoms with Gasteiger partial charge in [-0.2, -0.15) is 4.31 Å². The van der Waals surface area contributed by atoms with Crippen molar-refractivity contribution >= 4 is 32.5 Å². The van der Waals surface area contributed by atoms with E-state index in [1.54, 1.807) is 41.8 Å². The van der Waals surface area contributed by atoms with E-state index in [9.17, 15) is 13.2 Å². The normalized spacial score (nSPS) is 12.8. The molecule has 0 radical (unpaired) electrons. The quantitative estimate of drug-likeness (QED) is 0.215. The lowest BCUT2D eigenvalue weighted by molar-refractivity contribution is 0.320. The van der Waals surface area contributed by atoms with E-state index in [2.05, 4.69) is 13.8 Å². The molecule has 1 atom stereocenters. The van der Waals surface area contributed by atoms with Crippen LogP contribution in [0.15, 0.2) is 82.5 Å². The zero-order valence-corrected chi connectivity index (χ0v) is 23.0. The van der Waals surface area contributed by atoms with Crippen LogP contribution in [-0.2, 0) is 16.4 Å². The SMILES string of the molecule is CCCCCN(C(C)c1nc2ccccc2c(=O)n1-c1ccc(CC)cc1)S(=O)(=O)c1ccc(Cl)cc1. The van der Waals surface area contributed by atoms with Crippen LogP contribution in [0, 0.1) is 0 Å². The molecule has 1 unspecified atom stereocenters. The number of rotatable bonds is 10. The van der Waals surface area contributed by atoms with Gasteiger partial charge in [0.25, 0.3) is 5.56 Å². The lowest BCUT2D eigenvalue weighted by atomic mass is 10.1. The molecule has 37 heavy (non-hydrogen) atoms. The molecule has 3 aromatic carbocycles. The standard InChI is InChI=1S/C29H32ClN3O3S/c1-4-6-9-20-32(37(35,36)25-18-14-23(30)15-19-25)21(3)28-31-27-11-8-7-10-26(27)29(34)33(28)24-16-12-22(5-2)13-17-24/h7-8,10-19,21H,4-6,9,20H2,1-3H3. The molecular formula is C29H32ClN3O3S. The fourth-order valence-corrected chi connectivity index (χ4v) is 6.23. The van der Waals surface area contributed by atoms with Gasteiger partial charge >= 0.3 is 0 Å². The van der Waals surface area contributed by atoms with E-state index in [-0.39, 0.29) is 10.5 Å². The van der Waals surface area contributed by atoms with E-state index in [4.69, 9.17) is 16.6 Å². The molecule has 0 saturated heterocycles. The first kappa shape index (κ1) is 27.0. The molecule has 1 aromatic heterocycles. The van der Waals surface area contributed by atoms with E-state index in [1.165, 1.54) is 16.4 Å². The first-order valence-corrected chi connectivity index (χ1v) is 14.5. The molecule has 0 spiro atoms. The average Bonchev–Trinajstić information content (AvgIpc) is 2.91. The molecule has 194 valence electrons. The molecule has 0 aliphatic rings. The number of para-hydroxylation sites is 1. The number of nitrogens with zero attached hydrogens (tertiary/aromatic N) is 3. The van der Waals surface area contributed by atoms with Gasteiger partial charge < -0.3 is 0 Å². The van der Waals surface area contributed by atoms with Gasteiger partial charge in [-0.25, -0.2) is 13.4 Å². The van der Waals surface area contributed by atoms with Crippen LogP contribution in [0.5, 0.6) is 0 Å². The van der Waals surface area contributed by atoms with Crippen molar-refractivity contribution in [2.24, 2.45) is 0 Å². The van der Waals surface area contributed by atoms with Gasteiger partial charge in [-0.05, 0) is 73.9 Å². The van der Waals surface area contributed by atoms with Crippen LogP contribution in [-0.4, -0.2) is 28.8 Å². The minimum absolute atomic E-state index is 0.155. The Bertz CT molecular complexity index is 1530. The van der Waals surface area contributed by atoms with E-state index in [0.717, 1.165) is 24.8 Å². The summed E-state index contributed by atoms with van der Waals surface area (Å²) >= 11 is 6.03. The molecule has 4 rings (SSSR count). The maximum atomic E-state index is 13.9. The molecule has 0 N–H and O–H groups in total. The highest BCUT2D eigenvalue weighted by molar-refractivity contribution is 7.89. The van der Waals surface area contributed by atoms with Crippen molar-refractivity contribution in [3.8, 4) is 5.69 Å². The lowest BCUT2D eigenvalue weighted by Gasteiger charge is -2.30. The zero-order chi connectivity index (χ0) is 26.6. The van der Waals surface area contributed by atoms with Crippen molar-refractivity contribution in [3.63, 3.8) is 0 Å².